The Hall–Kier alpha value is -3.47. The minimum absolute atomic E-state index is 0.198. The molecular formula is C20H22O11. The molecule has 11 nitrogen and oxygen atoms in total. The van der Waals surface area contributed by atoms with E-state index < -0.39 is 54.6 Å². The average molecular weight is 438 g/mol. The first-order valence-corrected chi connectivity index (χ1v) is 9.13. The van der Waals surface area contributed by atoms with Gasteiger partial charge in [-0.1, -0.05) is 0 Å². The number of carbonyl (C=O) groups is 5. The number of aldehydes is 1. The monoisotopic (exact) mass is 438 g/mol. The molecule has 0 amide bonds. The van der Waals surface area contributed by atoms with Gasteiger partial charge in [-0.25, -0.2) is 4.79 Å². The molecule has 1 saturated heterocycles. The van der Waals surface area contributed by atoms with Crippen LogP contribution in [0.5, 0.6) is 5.75 Å². The van der Waals surface area contributed by atoms with E-state index in [1.165, 1.54) is 24.3 Å². The van der Waals surface area contributed by atoms with Gasteiger partial charge in [-0.2, -0.15) is 0 Å². The Morgan fingerprint density at radius 1 is 0.839 bits per heavy atom. The lowest BCUT2D eigenvalue weighted by atomic mass is 9.97. The first kappa shape index (κ1) is 23.8. The topological polar surface area (TPSA) is 141 Å². The Morgan fingerprint density at radius 2 is 1.35 bits per heavy atom. The average Bonchev–Trinajstić information content (AvgIpc) is 2.71. The maximum absolute atomic E-state index is 12.3. The molecule has 1 aromatic carbocycles. The van der Waals surface area contributed by atoms with Gasteiger partial charge in [0.1, 0.15) is 12.0 Å². The van der Waals surface area contributed by atoms with Crippen LogP contribution in [0.4, 0.5) is 0 Å². The van der Waals surface area contributed by atoms with Crippen LogP contribution in [-0.2, 0) is 42.9 Å². The largest absolute Gasteiger partial charge is 0.467 e. The third kappa shape index (κ3) is 6.25. The summed E-state index contributed by atoms with van der Waals surface area (Å²) in [6.07, 6.45) is -6.69. The molecule has 168 valence electrons. The van der Waals surface area contributed by atoms with E-state index in [-0.39, 0.29) is 5.75 Å². The summed E-state index contributed by atoms with van der Waals surface area (Å²) in [5, 5.41) is 0. The molecule has 1 aliphatic rings. The van der Waals surface area contributed by atoms with Crippen LogP contribution >= 0.6 is 0 Å². The van der Waals surface area contributed by atoms with E-state index in [1.54, 1.807) is 0 Å². The van der Waals surface area contributed by atoms with Crippen molar-refractivity contribution in [2.45, 2.75) is 51.5 Å². The summed E-state index contributed by atoms with van der Waals surface area (Å²) in [5.41, 5.74) is 0.383. The quantitative estimate of drug-likeness (QED) is 0.335. The molecule has 5 atom stereocenters. The number of hydrogen-bond donors (Lipinski definition) is 0. The van der Waals surface area contributed by atoms with E-state index in [0.717, 1.165) is 27.9 Å². The summed E-state index contributed by atoms with van der Waals surface area (Å²) in [6.45, 7) is 3.28. The van der Waals surface area contributed by atoms with Crippen LogP contribution in [0.3, 0.4) is 0 Å². The second kappa shape index (κ2) is 10.5. The highest BCUT2D eigenvalue weighted by atomic mass is 16.7. The maximum Gasteiger partial charge on any atom is 0.339 e. The standard InChI is InChI=1S/C20H22O11/c1-10(22)27-15-16(28-11(2)23)18(29-12(3)24)20(31-17(15)19(25)26-4)30-14-7-5-13(9-21)6-8-14/h5-9,15-18,20H,1-4H3/t15-,16-,17-,18+,20+/m1/s1. The lowest BCUT2D eigenvalue weighted by Crippen LogP contribution is -2.64. The number of ether oxygens (including phenoxy) is 6. The molecule has 1 aliphatic heterocycles. The predicted octanol–water partition coefficient (Wildman–Crippen LogP) is 0.571. The Bertz CT molecular complexity index is 832. The fourth-order valence-corrected chi connectivity index (χ4v) is 2.93. The maximum atomic E-state index is 12.3. The van der Waals surface area contributed by atoms with Crippen molar-refractivity contribution >= 4 is 30.2 Å². The molecule has 0 radical (unpaired) electrons. The fourth-order valence-electron chi connectivity index (χ4n) is 2.93. The molecule has 0 spiro atoms. The fraction of sp³-hybridized carbons (Fsp3) is 0.450. The summed E-state index contributed by atoms with van der Waals surface area (Å²) < 4.78 is 31.7. The summed E-state index contributed by atoms with van der Waals surface area (Å²) >= 11 is 0. The molecule has 0 aromatic heterocycles. The van der Waals surface area contributed by atoms with E-state index in [0.29, 0.717) is 11.8 Å². The minimum atomic E-state index is -1.55. The van der Waals surface area contributed by atoms with Crippen LogP contribution in [0.15, 0.2) is 24.3 Å². The molecule has 0 N–H and O–H groups in total. The van der Waals surface area contributed by atoms with E-state index >= 15 is 0 Å². The van der Waals surface area contributed by atoms with E-state index in [2.05, 4.69) is 0 Å². The van der Waals surface area contributed by atoms with Crippen molar-refractivity contribution in [3.05, 3.63) is 29.8 Å². The van der Waals surface area contributed by atoms with Crippen molar-refractivity contribution in [1.29, 1.82) is 0 Å². The van der Waals surface area contributed by atoms with Gasteiger partial charge in [-0.05, 0) is 24.3 Å². The zero-order valence-corrected chi connectivity index (χ0v) is 17.3. The molecule has 2 rings (SSSR count). The summed E-state index contributed by atoms with van der Waals surface area (Å²) in [6, 6.07) is 5.83. The molecule has 0 bridgehead atoms. The minimum Gasteiger partial charge on any atom is -0.467 e. The lowest BCUT2D eigenvalue weighted by Gasteiger charge is -2.43. The third-order valence-electron chi connectivity index (χ3n) is 4.10. The predicted molar refractivity (Wildman–Crippen MR) is 99.8 cm³/mol. The van der Waals surface area contributed by atoms with Gasteiger partial charge in [-0.3, -0.25) is 19.2 Å². The van der Waals surface area contributed by atoms with Crippen LogP contribution < -0.4 is 4.74 Å². The number of methoxy groups -OCH3 is 1. The Balaban J connectivity index is 2.47. The van der Waals surface area contributed by atoms with Crippen LogP contribution in [0.2, 0.25) is 0 Å². The normalized spacial score (nSPS) is 25.0. The number of benzene rings is 1. The van der Waals surface area contributed by atoms with Crippen molar-refractivity contribution in [2.24, 2.45) is 0 Å². The van der Waals surface area contributed by atoms with Crippen molar-refractivity contribution in [2.75, 3.05) is 7.11 Å². The molecule has 0 aliphatic carbocycles. The van der Waals surface area contributed by atoms with Crippen LogP contribution in [0, 0.1) is 0 Å². The van der Waals surface area contributed by atoms with Crippen LogP contribution in [-0.4, -0.2) is 68.0 Å². The zero-order chi connectivity index (χ0) is 23.1. The smallest absolute Gasteiger partial charge is 0.339 e. The Morgan fingerprint density at radius 3 is 1.84 bits per heavy atom. The summed E-state index contributed by atoms with van der Waals surface area (Å²) in [4.78, 5) is 58.2. The lowest BCUT2D eigenvalue weighted by molar-refractivity contribution is -0.282. The molecule has 11 heteroatoms. The third-order valence-corrected chi connectivity index (χ3v) is 4.10. The second-order valence-electron chi connectivity index (χ2n) is 6.48. The molecule has 31 heavy (non-hydrogen) atoms. The van der Waals surface area contributed by atoms with Gasteiger partial charge in [-0.15, -0.1) is 0 Å². The van der Waals surface area contributed by atoms with Gasteiger partial charge >= 0.3 is 23.9 Å². The van der Waals surface area contributed by atoms with Crippen molar-refractivity contribution in [3.63, 3.8) is 0 Å². The van der Waals surface area contributed by atoms with Crippen LogP contribution in [0.1, 0.15) is 31.1 Å². The molecule has 1 aromatic rings. The van der Waals surface area contributed by atoms with Gasteiger partial charge in [0.15, 0.2) is 18.3 Å². The van der Waals surface area contributed by atoms with Gasteiger partial charge in [0, 0.05) is 26.3 Å². The molecule has 1 heterocycles. The van der Waals surface area contributed by atoms with Gasteiger partial charge in [0.05, 0.1) is 7.11 Å². The Labute approximate surface area is 177 Å². The summed E-state index contributed by atoms with van der Waals surface area (Å²) in [7, 11) is 1.09. The molecule has 1 fully saturated rings. The van der Waals surface area contributed by atoms with E-state index in [1.807, 2.05) is 0 Å². The number of esters is 4. The Kier molecular flexibility index (Phi) is 8.08. The highest BCUT2D eigenvalue weighted by molar-refractivity contribution is 5.77. The zero-order valence-electron chi connectivity index (χ0n) is 17.3. The first-order valence-electron chi connectivity index (χ1n) is 9.13. The molecule has 0 unspecified atom stereocenters. The van der Waals surface area contributed by atoms with Gasteiger partial charge in [0.2, 0.25) is 12.4 Å². The number of rotatable bonds is 7. The molecular weight excluding hydrogens is 416 g/mol. The number of hydrogen-bond acceptors (Lipinski definition) is 11. The van der Waals surface area contributed by atoms with E-state index in [4.69, 9.17) is 28.4 Å². The first-order chi connectivity index (χ1) is 14.7. The van der Waals surface area contributed by atoms with Crippen molar-refractivity contribution in [1.82, 2.24) is 0 Å². The van der Waals surface area contributed by atoms with Gasteiger partial charge < -0.3 is 28.4 Å². The van der Waals surface area contributed by atoms with Gasteiger partial charge in [0.25, 0.3) is 0 Å². The van der Waals surface area contributed by atoms with Crippen molar-refractivity contribution < 1.29 is 52.4 Å². The number of carbonyl (C=O) groups excluding carboxylic acids is 5. The van der Waals surface area contributed by atoms with Crippen LogP contribution in [0.25, 0.3) is 0 Å². The van der Waals surface area contributed by atoms with Crippen molar-refractivity contribution in [3.8, 4) is 5.75 Å². The second-order valence-corrected chi connectivity index (χ2v) is 6.48. The van der Waals surface area contributed by atoms with E-state index in [9.17, 15) is 24.0 Å². The highest BCUT2D eigenvalue weighted by Crippen LogP contribution is 2.31. The molecule has 0 saturated carbocycles. The highest BCUT2D eigenvalue weighted by Gasteiger charge is 2.55. The SMILES string of the molecule is COC(=O)[C@@H]1O[C@H](Oc2ccc(C=O)cc2)[C@@H](OC(C)=O)[C@H](OC(C)=O)[C@H]1OC(C)=O. The summed E-state index contributed by atoms with van der Waals surface area (Å²) in [5.74, 6) is -3.10.